The number of para-hydroxylation sites is 2. The number of hydrogen-bond acceptors (Lipinski definition) is 7. The molecule has 0 N–H and O–H groups in total. The van der Waals surface area contributed by atoms with Gasteiger partial charge in [0.2, 0.25) is 6.10 Å². The number of thiazole rings is 1. The molecule has 2 aliphatic rings. The molecule has 1 amide bonds. The first-order valence-corrected chi connectivity index (χ1v) is 11.3. The second kappa shape index (κ2) is 9.04. The van der Waals surface area contributed by atoms with Crippen molar-refractivity contribution in [1.82, 2.24) is 4.98 Å². The molecule has 2 heterocycles. The van der Waals surface area contributed by atoms with Crippen molar-refractivity contribution < 1.29 is 23.8 Å². The van der Waals surface area contributed by atoms with Crippen LogP contribution in [0.4, 0.5) is 5.13 Å². The lowest BCUT2D eigenvalue weighted by Crippen LogP contribution is -2.50. The Bertz CT molecular complexity index is 881. The largest absolute Gasteiger partial charge is 0.482 e. The van der Waals surface area contributed by atoms with E-state index in [1.54, 1.807) is 37.1 Å². The van der Waals surface area contributed by atoms with E-state index in [4.69, 9.17) is 14.2 Å². The van der Waals surface area contributed by atoms with E-state index in [-0.39, 0.29) is 11.9 Å². The molecular formula is C22H26N2O5S. The number of nitrogens with zero attached hydrogens (tertiary/aromatic N) is 2. The summed E-state index contributed by atoms with van der Waals surface area (Å²) in [6.07, 6.45) is 4.48. The average Bonchev–Trinajstić information content (AvgIpc) is 3.28. The van der Waals surface area contributed by atoms with Crippen molar-refractivity contribution in [2.45, 2.75) is 70.3 Å². The molecule has 0 saturated heterocycles. The van der Waals surface area contributed by atoms with Gasteiger partial charge in [-0.2, -0.15) is 0 Å². The first kappa shape index (κ1) is 20.7. The Kier molecular flexibility index (Phi) is 6.22. The molecule has 0 bridgehead atoms. The summed E-state index contributed by atoms with van der Waals surface area (Å²) in [5, 5.41) is 2.50. The predicted molar refractivity (Wildman–Crippen MR) is 113 cm³/mol. The Morgan fingerprint density at radius 3 is 2.53 bits per heavy atom. The molecule has 1 aromatic carbocycles. The molecule has 1 aliphatic heterocycles. The summed E-state index contributed by atoms with van der Waals surface area (Å²) >= 11 is 1.42. The second-order valence-electron chi connectivity index (χ2n) is 7.70. The normalized spacial score (nSPS) is 22.2. The van der Waals surface area contributed by atoms with Gasteiger partial charge in [-0.3, -0.25) is 9.69 Å². The molecule has 7 nitrogen and oxygen atoms in total. The molecular weight excluding hydrogens is 404 g/mol. The van der Waals surface area contributed by atoms with Crippen molar-refractivity contribution in [3.63, 3.8) is 0 Å². The maximum Gasteiger partial charge on any atom is 0.352 e. The molecule has 2 aromatic rings. The summed E-state index contributed by atoms with van der Waals surface area (Å²) < 4.78 is 17.1. The molecule has 1 saturated carbocycles. The first-order valence-electron chi connectivity index (χ1n) is 10.4. The Balaban J connectivity index is 1.46. The van der Waals surface area contributed by atoms with Gasteiger partial charge in [0, 0.05) is 17.6 Å². The summed E-state index contributed by atoms with van der Waals surface area (Å²) in [6.45, 7) is 3.35. The standard InChI is InChI=1S/C22H26N2O5S/c1-14-19(29-18-11-7-6-10-17(18)27-14)21(26)28-15(2)20(25)24(22-23-12-13-30-22)16-8-4-3-5-9-16/h6-7,10-16,19H,3-5,8-9H2,1-2H3. The van der Waals surface area contributed by atoms with Crippen molar-refractivity contribution >= 4 is 28.3 Å². The monoisotopic (exact) mass is 430 g/mol. The van der Waals surface area contributed by atoms with Crippen molar-refractivity contribution in [3.05, 3.63) is 35.8 Å². The van der Waals surface area contributed by atoms with Gasteiger partial charge in [-0.1, -0.05) is 31.4 Å². The van der Waals surface area contributed by atoms with Gasteiger partial charge in [-0.15, -0.1) is 11.3 Å². The van der Waals surface area contributed by atoms with Crippen LogP contribution in [0.1, 0.15) is 46.0 Å². The Labute approximate surface area is 180 Å². The maximum atomic E-state index is 13.3. The molecule has 1 aliphatic carbocycles. The molecule has 160 valence electrons. The zero-order chi connectivity index (χ0) is 21.1. The number of esters is 1. The Morgan fingerprint density at radius 2 is 1.87 bits per heavy atom. The van der Waals surface area contributed by atoms with Gasteiger partial charge in [0.1, 0.15) is 6.10 Å². The third-order valence-electron chi connectivity index (χ3n) is 5.52. The van der Waals surface area contributed by atoms with Crippen LogP contribution in [0, 0.1) is 0 Å². The Hall–Kier alpha value is -2.61. The van der Waals surface area contributed by atoms with Crippen molar-refractivity contribution in [3.8, 4) is 11.5 Å². The maximum absolute atomic E-state index is 13.3. The first-order chi connectivity index (χ1) is 14.5. The molecule has 0 radical (unpaired) electrons. The van der Waals surface area contributed by atoms with E-state index in [0.717, 1.165) is 25.7 Å². The number of carbonyl (C=O) groups is 2. The van der Waals surface area contributed by atoms with Gasteiger partial charge in [-0.05, 0) is 38.8 Å². The van der Waals surface area contributed by atoms with Crippen LogP contribution in [0.3, 0.4) is 0 Å². The van der Waals surface area contributed by atoms with Gasteiger partial charge in [0.15, 0.2) is 22.7 Å². The van der Waals surface area contributed by atoms with Crippen molar-refractivity contribution in [2.75, 3.05) is 4.90 Å². The third-order valence-corrected chi connectivity index (χ3v) is 6.29. The fourth-order valence-corrected chi connectivity index (χ4v) is 4.69. The zero-order valence-electron chi connectivity index (χ0n) is 17.2. The molecule has 1 aromatic heterocycles. The zero-order valence-corrected chi connectivity index (χ0v) is 18.0. The SMILES string of the molecule is CC(OC(=O)C1Oc2ccccc2OC1C)C(=O)N(c1nccs1)C1CCCCC1. The summed E-state index contributed by atoms with van der Waals surface area (Å²) in [5.41, 5.74) is 0. The van der Waals surface area contributed by atoms with Gasteiger partial charge in [0.25, 0.3) is 5.91 Å². The fraction of sp³-hybridized carbons (Fsp3) is 0.500. The number of hydrogen-bond donors (Lipinski definition) is 0. The van der Waals surface area contributed by atoms with Gasteiger partial charge >= 0.3 is 5.97 Å². The quantitative estimate of drug-likeness (QED) is 0.668. The van der Waals surface area contributed by atoms with Gasteiger partial charge < -0.3 is 14.2 Å². The molecule has 3 atom stereocenters. The lowest BCUT2D eigenvalue weighted by atomic mass is 9.94. The van der Waals surface area contributed by atoms with E-state index in [0.29, 0.717) is 16.6 Å². The number of benzene rings is 1. The lowest BCUT2D eigenvalue weighted by molar-refractivity contribution is -0.166. The minimum absolute atomic E-state index is 0.0821. The van der Waals surface area contributed by atoms with Crippen LogP contribution in [0.15, 0.2) is 35.8 Å². The summed E-state index contributed by atoms with van der Waals surface area (Å²) in [6, 6.07) is 7.26. The van der Waals surface area contributed by atoms with Crippen LogP contribution in [0.25, 0.3) is 0 Å². The third kappa shape index (κ3) is 4.28. The van der Waals surface area contributed by atoms with E-state index < -0.39 is 24.3 Å². The van der Waals surface area contributed by atoms with E-state index in [1.807, 2.05) is 17.5 Å². The highest BCUT2D eigenvalue weighted by molar-refractivity contribution is 7.13. The van der Waals surface area contributed by atoms with Crippen LogP contribution in [0.5, 0.6) is 11.5 Å². The number of ether oxygens (including phenoxy) is 3. The Morgan fingerprint density at radius 1 is 1.17 bits per heavy atom. The van der Waals surface area contributed by atoms with E-state index in [1.165, 1.54) is 17.8 Å². The number of rotatable bonds is 5. The number of carbonyl (C=O) groups excluding carboxylic acids is 2. The van der Waals surface area contributed by atoms with Crippen LogP contribution >= 0.6 is 11.3 Å². The van der Waals surface area contributed by atoms with Crippen LogP contribution in [-0.4, -0.2) is 41.2 Å². The fourth-order valence-electron chi connectivity index (χ4n) is 3.97. The lowest BCUT2D eigenvalue weighted by Gasteiger charge is -2.34. The van der Waals surface area contributed by atoms with Crippen LogP contribution < -0.4 is 14.4 Å². The number of aromatic nitrogens is 1. The van der Waals surface area contributed by atoms with Crippen molar-refractivity contribution in [2.24, 2.45) is 0 Å². The highest BCUT2D eigenvalue weighted by Gasteiger charge is 2.39. The molecule has 3 unspecified atom stereocenters. The molecule has 1 fully saturated rings. The molecule has 4 rings (SSSR count). The summed E-state index contributed by atoms with van der Waals surface area (Å²) in [5.74, 6) is 0.212. The molecule has 0 spiro atoms. The van der Waals surface area contributed by atoms with Crippen LogP contribution in [0.2, 0.25) is 0 Å². The van der Waals surface area contributed by atoms with Gasteiger partial charge in [0.05, 0.1) is 0 Å². The highest BCUT2D eigenvalue weighted by atomic mass is 32.1. The van der Waals surface area contributed by atoms with Crippen molar-refractivity contribution in [1.29, 1.82) is 0 Å². The van der Waals surface area contributed by atoms with Crippen LogP contribution in [-0.2, 0) is 14.3 Å². The number of anilines is 1. The molecule has 8 heteroatoms. The number of fused-ring (bicyclic) bond motifs is 1. The van der Waals surface area contributed by atoms with Gasteiger partial charge in [-0.25, -0.2) is 9.78 Å². The predicted octanol–water partition coefficient (Wildman–Crippen LogP) is 3.97. The summed E-state index contributed by atoms with van der Waals surface area (Å²) in [7, 11) is 0. The number of amides is 1. The molecule has 30 heavy (non-hydrogen) atoms. The smallest absolute Gasteiger partial charge is 0.352 e. The summed E-state index contributed by atoms with van der Waals surface area (Å²) in [4.78, 5) is 32.2. The second-order valence-corrected chi connectivity index (χ2v) is 8.58. The topological polar surface area (TPSA) is 78.0 Å². The van der Waals surface area contributed by atoms with E-state index in [9.17, 15) is 9.59 Å². The minimum Gasteiger partial charge on any atom is -0.482 e. The van der Waals surface area contributed by atoms with E-state index >= 15 is 0 Å². The highest BCUT2D eigenvalue weighted by Crippen LogP contribution is 2.34. The minimum atomic E-state index is -0.948. The average molecular weight is 431 g/mol. The van der Waals surface area contributed by atoms with E-state index in [2.05, 4.69) is 4.98 Å².